The zero-order valence-corrected chi connectivity index (χ0v) is 11.2. The summed E-state index contributed by atoms with van der Waals surface area (Å²) in [6.45, 7) is 0.821. The molecule has 0 aromatic heterocycles. The minimum absolute atomic E-state index is 0.305. The molecule has 0 saturated heterocycles. The molecule has 1 aromatic carbocycles. The molecule has 1 nitrogen and oxygen atoms in total. The Morgan fingerprint density at radius 2 is 2.00 bits per heavy atom. The molecule has 2 rings (SSSR count). The second-order valence-corrected chi connectivity index (χ2v) is 5.25. The summed E-state index contributed by atoms with van der Waals surface area (Å²) in [6, 6.07) is 5.12. The quantitative estimate of drug-likeness (QED) is 0.768. The van der Waals surface area contributed by atoms with Gasteiger partial charge in [0.05, 0.1) is 6.33 Å². The SMILES string of the molecule is COCC1CCC(c2ccc(/C=C/F)c(F)c2)CC1. The van der Waals surface area contributed by atoms with Crippen LogP contribution in [0.1, 0.15) is 42.7 Å². The molecule has 104 valence electrons. The van der Waals surface area contributed by atoms with Crippen molar-refractivity contribution in [2.24, 2.45) is 5.92 Å². The Morgan fingerprint density at radius 3 is 2.58 bits per heavy atom. The number of ether oxygens (including phenoxy) is 1. The predicted octanol–water partition coefficient (Wildman–Crippen LogP) is 4.69. The molecule has 0 N–H and O–H groups in total. The number of halogens is 2. The van der Waals surface area contributed by atoms with E-state index in [1.807, 2.05) is 6.07 Å². The fraction of sp³-hybridized carbons (Fsp3) is 0.500. The summed E-state index contributed by atoms with van der Waals surface area (Å²) in [6.07, 6.45) is 5.93. The Bertz CT molecular complexity index is 434. The van der Waals surface area contributed by atoms with E-state index >= 15 is 0 Å². The molecular weight excluding hydrogens is 246 g/mol. The Labute approximate surface area is 113 Å². The van der Waals surface area contributed by atoms with Crippen molar-refractivity contribution in [1.29, 1.82) is 0 Å². The van der Waals surface area contributed by atoms with Crippen LogP contribution in [0.5, 0.6) is 0 Å². The third-order valence-electron chi connectivity index (χ3n) is 3.99. The third kappa shape index (κ3) is 3.63. The average Bonchev–Trinajstić information content (AvgIpc) is 2.43. The lowest BCUT2D eigenvalue weighted by Crippen LogP contribution is -2.17. The van der Waals surface area contributed by atoms with Crippen LogP contribution in [0.2, 0.25) is 0 Å². The molecule has 0 spiro atoms. The van der Waals surface area contributed by atoms with Gasteiger partial charge in [-0.05, 0) is 55.2 Å². The van der Waals surface area contributed by atoms with Crippen LogP contribution in [-0.4, -0.2) is 13.7 Å². The van der Waals surface area contributed by atoms with E-state index in [0.29, 0.717) is 23.7 Å². The van der Waals surface area contributed by atoms with Crippen LogP contribution in [0, 0.1) is 11.7 Å². The normalized spacial score (nSPS) is 23.9. The van der Waals surface area contributed by atoms with Crippen molar-refractivity contribution in [3.8, 4) is 0 Å². The molecular formula is C16H20F2O. The van der Waals surface area contributed by atoms with Gasteiger partial charge in [0.2, 0.25) is 0 Å². The maximum absolute atomic E-state index is 13.8. The van der Waals surface area contributed by atoms with Gasteiger partial charge in [-0.25, -0.2) is 8.78 Å². The molecule has 0 unspecified atom stereocenters. The van der Waals surface area contributed by atoms with Crippen LogP contribution in [0.15, 0.2) is 24.5 Å². The molecule has 3 heteroatoms. The molecule has 1 aliphatic rings. The van der Waals surface area contributed by atoms with Gasteiger partial charge in [0.25, 0.3) is 0 Å². The second-order valence-electron chi connectivity index (χ2n) is 5.25. The summed E-state index contributed by atoms with van der Waals surface area (Å²) < 4.78 is 31.0. The summed E-state index contributed by atoms with van der Waals surface area (Å²) in [4.78, 5) is 0. The van der Waals surface area contributed by atoms with E-state index in [-0.39, 0.29) is 5.82 Å². The summed E-state index contributed by atoms with van der Waals surface area (Å²) in [5, 5.41) is 0. The first-order chi connectivity index (χ1) is 9.24. The highest BCUT2D eigenvalue weighted by molar-refractivity contribution is 5.49. The van der Waals surface area contributed by atoms with Crippen LogP contribution in [0.25, 0.3) is 6.08 Å². The summed E-state index contributed by atoms with van der Waals surface area (Å²) in [5.74, 6) is 0.719. The topological polar surface area (TPSA) is 9.23 Å². The molecule has 0 bridgehead atoms. The molecule has 0 aliphatic heterocycles. The summed E-state index contributed by atoms with van der Waals surface area (Å²) >= 11 is 0. The lowest BCUT2D eigenvalue weighted by molar-refractivity contribution is 0.127. The largest absolute Gasteiger partial charge is 0.384 e. The molecule has 0 amide bonds. The molecule has 19 heavy (non-hydrogen) atoms. The van der Waals surface area contributed by atoms with Crippen LogP contribution >= 0.6 is 0 Å². The molecule has 1 saturated carbocycles. The van der Waals surface area contributed by atoms with Gasteiger partial charge >= 0.3 is 0 Å². The van der Waals surface area contributed by atoms with Gasteiger partial charge in [0.15, 0.2) is 0 Å². The highest BCUT2D eigenvalue weighted by atomic mass is 19.1. The molecule has 1 fully saturated rings. The Morgan fingerprint density at radius 1 is 1.26 bits per heavy atom. The number of hydrogen-bond acceptors (Lipinski definition) is 1. The number of methoxy groups -OCH3 is 1. The second kappa shape index (κ2) is 6.80. The average molecular weight is 266 g/mol. The van der Waals surface area contributed by atoms with Crippen molar-refractivity contribution in [2.75, 3.05) is 13.7 Å². The highest BCUT2D eigenvalue weighted by Gasteiger charge is 2.22. The summed E-state index contributed by atoms with van der Waals surface area (Å²) in [7, 11) is 1.73. The van der Waals surface area contributed by atoms with Gasteiger partial charge in [0.1, 0.15) is 5.82 Å². The van der Waals surface area contributed by atoms with Gasteiger partial charge in [-0.15, -0.1) is 0 Å². The van der Waals surface area contributed by atoms with Crippen LogP contribution in [-0.2, 0) is 4.74 Å². The molecule has 1 aromatic rings. The number of rotatable bonds is 4. The maximum Gasteiger partial charge on any atom is 0.130 e. The van der Waals surface area contributed by atoms with Crippen molar-refractivity contribution >= 4 is 6.08 Å². The van der Waals surface area contributed by atoms with Crippen LogP contribution < -0.4 is 0 Å². The zero-order chi connectivity index (χ0) is 13.7. The molecule has 0 radical (unpaired) electrons. The smallest absolute Gasteiger partial charge is 0.130 e. The van der Waals surface area contributed by atoms with E-state index in [9.17, 15) is 8.78 Å². The van der Waals surface area contributed by atoms with Gasteiger partial charge < -0.3 is 4.74 Å². The van der Waals surface area contributed by atoms with Gasteiger partial charge in [-0.2, -0.15) is 0 Å². The van der Waals surface area contributed by atoms with E-state index in [2.05, 4.69) is 0 Å². The van der Waals surface area contributed by atoms with E-state index in [0.717, 1.165) is 43.9 Å². The minimum Gasteiger partial charge on any atom is -0.384 e. The fourth-order valence-corrected chi connectivity index (χ4v) is 2.90. The monoisotopic (exact) mass is 266 g/mol. The first kappa shape index (κ1) is 14.2. The van der Waals surface area contributed by atoms with Crippen molar-refractivity contribution in [2.45, 2.75) is 31.6 Å². The van der Waals surface area contributed by atoms with Crippen LogP contribution in [0.3, 0.4) is 0 Å². The van der Waals surface area contributed by atoms with E-state index in [4.69, 9.17) is 4.74 Å². The number of benzene rings is 1. The van der Waals surface area contributed by atoms with Gasteiger partial charge in [0, 0.05) is 19.3 Å². The lowest BCUT2D eigenvalue weighted by Gasteiger charge is -2.28. The minimum atomic E-state index is -0.342. The van der Waals surface area contributed by atoms with Crippen molar-refractivity contribution in [1.82, 2.24) is 0 Å². The van der Waals surface area contributed by atoms with Crippen molar-refractivity contribution in [3.63, 3.8) is 0 Å². The Balaban J connectivity index is 2.01. The molecule has 0 heterocycles. The zero-order valence-electron chi connectivity index (χ0n) is 11.2. The maximum atomic E-state index is 13.8. The van der Waals surface area contributed by atoms with Crippen LogP contribution in [0.4, 0.5) is 8.78 Å². The Kier molecular flexibility index (Phi) is 5.08. The predicted molar refractivity (Wildman–Crippen MR) is 73.1 cm³/mol. The van der Waals surface area contributed by atoms with E-state index < -0.39 is 0 Å². The summed E-state index contributed by atoms with van der Waals surface area (Å²) in [5.41, 5.74) is 1.34. The Hall–Kier alpha value is -1.22. The van der Waals surface area contributed by atoms with Gasteiger partial charge in [-0.3, -0.25) is 0 Å². The van der Waals surface area contributed by atoms with Gasteiger partial charge in [-0.1, -0.05) is 12.1 Å². The standard InChI is InChI=1S/C16H20F2O/c1-19-11-12-2-4-13(5-3-12)15-7-6-14(8-9-17)16(18)10-15/h6-10,12-13H,2-5,11H2,1H3/b9-8+. The molecule has 0 atom stereocenters. The third-order valence-corrected chi connectivity index (χ3v) is 3.99. The van der Waals surface area contributed by atoms with E-state index in [1.165, 1.54) is 0 Å². The number of hydrogen-bond donors (Lipinski definition) is 0. The molecule has 1 aliphatic carbocycles. The van der Waals surface area contributed by atoms with Crippen molar-refractivity contribution < 1.29 is 13.5 Å². The van der Waals surface area contributed by atoms with E-state index in [1.54, 1.807) is 19.2 Å². The highest BCUT2D eigenvalue weighted by Crippen LogP contribution is 2.36. The fourth-order valence-electron chi connectivity index (χ4n) is 2.90. The lowest BCUT2D eigenvalue weighted by atomic mass is 9.79. The first-order valence-corrected chi connectivity index (χ1v) is 6.79. The van der Waals surface area contributed by atoms with Crippen molar-refractivity contribution in [3.05, 3.63) is 41.5 Å². The first-order valence-electron chi connectivity index (χ1n) is 6.79.